The van der Waals surface area contributed by atoms with Crippen LogP contribution in [0.1, 0.15) is 77.3 Å². The number of H-pyrrole nitrogens is 1. The zero-order valence-electron chi connectivity index (χ0n) is 17.5. The first-order valence-corrected chi connectivity index (χ1v) is 11.6. The Bertz CT molecular complexity index is 727. The summed E-state index contributed by atoms with van der Waals surface area (Å²) in [4.78, 5) is 13.2. The highest BCUT2D eigenvalue weighted by atomic mass is 16.3. The van der Waals surface area contributed by atoms with Crippen molar-refractivity contribution in [1.82, 2.24) is 10.2 Å². The van der Waals surface area contributed by atoms with Gasteiger partial charge in [0.15, 0.2) is 0 Å². The van der Waals surface area contributed by atoms with E-state index in [1.807, 2.05) is 13.0 Å². The van der Waals surface area contributed by atoms with Gasteiger partial charge < -0.3 is 5.11 Å². The van der Waals surface area contributed by atoms with Crippen LogP contribution in [0.3, 0.4) is 0 Å². The number of aromatic nitrogens is 2. The molecule has 4 nitrogen and oxygen atoms in total. The van der Waals surface area contributed by atoms with Gasteiger partial charge in [0.2, 0.25) is 0 Å². The van der Waals surface area contributed by atoms with Crippen molar-refractivity contribution in [3.8, 4) is 0 Å². The van der Waals surface area contributed by atoms with E-state index in [-0.39, 0.29) is 11.3 Å². The molecule has 2 N–H and O–H groups in total. The second kappa shape index (κ2) is 6.68. The molecule has 0 saturated heterocycles. The summed E-state index contributed by atoms with van der Waals surface area (Å²) in [6.45, 7) is 4.48. The quantitative estimate of drug-likeness (QED) is 0.804. The second-order valence-corrected chi connectivity index (χ2v) is 11.1. The van der Waals surface area contributed by atoms with E-state index in [1.54, 1.807) is 6.20 Å². The topological polar surface area (TPSA) is 66.0 Å². The van der Waals surface area contributed by atoms with Crippen molar-refractivity contribution in [2.45, 2.75) is 83.7 Å². The molecule has 4 aliphatic rings. The van der Waals surface area contributed by atoms with Gasteiger partial charge in [-0.15, -0.1) is 0 Å². The molecule has 1 heterocycles. The largest absolute Gasteiger partial charge is 0.390 e. The Morgan fingerprint density at radius 3 is 2.71 bits per heavy atom. The minimum absolute atomic E-state index is 0.200. The molecule has 0 aliphatic heterocycles. The van der Waals surface area contributed by atoms with Crippen molar-refractivity contribution in [3.05, 3.63) is 18.0 Å². The lowest BCUT2D eigenvalue weighted by molar-refractivity contribution is -0.131. The monoisotopic (exact) mass is 384 g/mol. The molecule has 0 radical (unpaired) electrons. The Labute approximate surface area is 168 Å². The average Bonchev–Trinajstić information content (AvgIpc) is 3.27. The third kappa shape index (κ3) is 2.98. The van der Waals surface area contributed by atoms with E-state index in [9.17, 15) is 9.90 Å². The third-order valence-electron chi connectivity index (χ3n) is 9.55. The number of nitrogens with zero attached hydrogens (tertiary/aromatic N) is 1. The number of ketones is 1. The van der Waals surface area contributed by atoms with Crippen LogP contribution in [0.2, 0.25) is 0 Å². The normalized spacial score (nSPS) is 47.8. The van der Waals surface area contributed by atoms with Crippen LogP contribution in [0.4, 0.5) is 0 Å². The molecule has 1 aromatic rings. The van der Waals surface area contributed by atoms with Gasteiger partial charge in [-0.05, 0) is 106 Å². The number of aliphatic hydroxyl groups is 1. The maximum absolute atomic E-state index is 13.2. The van der Waals surface area contributed by atoms with Gasteiger partial charge in [-0.1, -0.05) is 6.92 Å². The number of fused-ring (bicyclic) bond motifs is 5. The Morgan fingerprint density at radius 1 is 1.11 bits per heavy atom. The molecule has 0 aromatic carbocycles. The van der Waals surface area contributed by atoms with Crippen LogP contribution in [-0.4, -0.2) is 26.7 Å². The number of nitrogens with one attached hydrogen (secondary N) is 1. The summed E-state index contributed by atoms with van der Waals surface area (Å²) in [7, 11) is 0. The van der Waals surface area contributed by atoms with Crippen LogP contribution >= 0.6 is 0 Å². The molecule has 28 heavy (non-hydrogen) atoms. The van der Waals surface area contributed by atoms with Gasteiger partial charge in [0, 0.05) is 24.2 Å². The summed E-state index contributed by atoms with van der Waals surface area (Å²) >= 11 is 0. The van der Waals surface area contributed by atoms with E-state index in [0.29, 0.717) is 12.2 Å². The Morgan fingerprint density at radius 2 is 1.93 bits per heavy atom. The molecule has 0 bridgehead atoms. The van der Waals surface area contributed by atoms with Gasteiger partial charge in [0.1, 0.15) is 5.78 Å². The summed E-state index contributed by atoms with van der Waals surface area (Å²) in [5.74, 6) is 4.59. The fraction of sp³-hybridized carbons (Fsp3) is 0.833. The molecule has 4 aliphatic carbocycles. The molecule has 4 saturated carbocycles. The average molecular weight is 385 g/mol. The van der Waals surface area contributed by atoms with Crippen LogP contribution in [-0.2, 0) is 11.2 Å². The van der Waals surface area contributed by atoms with Gasteiger partial charge in [-0.2, -0.15) is 5.10 Å². The predicted molar refractivity (Wildman–Crippen MR) is 109 cm³/mol. The highest BCUT2D eigenvalue weighted by Gasteiger charge is 2.58. The Hall–Kier alpha value is -1.16. The minimum Gasteiger partial charge on any atom is -0.390 e. The van der Waals surface area contributed by atoms with E-state index in [4.69, 9.17) is 0 Å². The summed E-state index contributed by atoms with van der Waals surface area (Å²) in [6.07, 6.45) is 12.9. The standard InChI is InChI=1S/C24H36N2O2/c1-23(28)10-7-17-15(14-23)3-4-19-18(17)8-11-24(2)20(19)5-6-21(24)22(27)13-16-9-12-25-26-16/h9,12,15,17-21,28H,3-8,10-11,13-14H2,1-2H3,(H,25,26). The van der Waals surface area contributed by atoms with E-state index in [2.05, 4.69) is 17.1 Å². The lowest BCUT2D eigenvalue weighted by Gasteiger charge is -2.56. The first-order chi connectivity index (χ1) is 13.4. The lowest BCUT2D eigenvalue weighted by atomic mass is 9.49. The van der Waals surface area contributed by atoms with Crippen LogP contribution < -0.4 is 0 Å². The Kier molecular flexibility index (Phi) is 4.50. The lowest BCUT2D eigenvalue weighted by Crippen LogP contribution is -2.51. The number of carbonyl (C=O) groups excluding carboxylic acids is 1. The van der Waals surface area contributed by atoms with E-state index < -0.39 is 5.60 Å². The van der Waals surface area contributed by atoms with Crippen molar-refractivity contribution < 1.29 is 9.90 Å². The van der Waals surface area contributed by atoms with Crippen molar-refractivity contribution in [3.63, 3.8) is 0 Å². The SMILES string of the molecule is CC1(O)CCC2C(CCC3C2CCC2(C)C(C(=O)Cc4ccn[nH]4)CCC32)C1. The molecule has 0 spiro atoms. The summed E-state index contributed by atoms with van der Waals surface area (Å²) in [5, 5.41) is 17.5. The summed E-state index contributed by atoms with van der Waals surface area (Å²) < 4.78 is 0. The first kappa shape index (κ1) is 18.8. The molecular formula is C24H36N2O2. The van der Waals surface area contributed by atoms with Gasteiger partial charge >= 0.3 is 0 Å². The highest BCUT2D eigenvalue weighted by molar-refractivity contribution is 5.84. The fourth-order valence-corrected chi connectivity index (χ4v) is 8.30. The molecule has 5 rings (SSSR count). The van der Waals surface area contributed by atoms with E-state index >= 15 is 0 Å². The van der Waals surface area contributed by atoms with Gasteiger partial charge in [-0.3, -0.25) is 9.89 Å². The number of hydrogen-bond donors (Lipinski definition) is 2. The third-order valence-corrected chi connectivity index (χ3v) is 9.55. The van der Waals surface area contributed by atoms with Crippen LogP contribution in [0, 0.1) is 40.9 Å². The van der Waals surface area contributed by atoms with Gasteiger partial charge in [0.25, 0.3) is 0 Å². The molecular weight excluding hydrogens is 348 g/mol. The number of aromatic amines is 1. The van der Waals surface area contributed by atoms with Crippen molar-refractivity contribution in [2.75, 3.05) is 0 Å². The molecule has 8 unspecified atom stereocenters. The van der Waals surface area contributed by atoms with E-state index in [1.165, 1.54) is 38.5 Å². The zero-order chi connectivity index (χ0) is 19.5. The minimum atomic E-state index is -0.436. The Balaban J connectivity index is 1.32. The van der Waals surface area contributed by atoms with Crippen molar-refractivity contribution >= 4 is 5.78 Å². The zero-order valence-corrected chi connectivity index (χ0v) is 17.5. The number of carbonyl (C=O) groups is 1. The molecule has 4 fully saturated rings. The predicted octanol–water partition coefficient (Wildman–Crippen LogP) is 4.54. The number of hydrogen-bond acceptors (Lipinski definition) is 3. The van der Waals surface area contributed by atoms with Crippen molar-refractivity contribution in [2.24, 2.45) is 40.9 Å². The maximum atomic E-state index is 13.2. The summed E-state index contributed by atoms with van der Waals surface area (Å²) in [6, 6.07) is 1.93. The van der Waals surface area contributed by atoms with Crippen LogP contribution in [0.5, 0.6) is 0 Å². The molecule has 0 amide bonds. The second-order valence-electron chi connectivity index (χ2n) is 11.1. The summed E-state index contributed by atoms with van der Waals surface area (Å²) in [5.41, 5.74) is 0.723. The fourth-order valence-electron chi connectivity index (χ4n) is 8.30. The van der Waals surface area contributed by atoms with Crippen LogP contribution in [0.15, 0.2) is 12.3 Å². The van der Waals surface area contributed by atoms with Gasteiger partial charge in [0.05, 0.1) is 5.60 Å². The maximum Gasteiger partial charge on any atom is 0.142 e. The van der Waals surface area contributed by atoms with Gasteiger partial charge in [-0.25, -0.2) is 0 Å². The van der Waals surface area contributed by atoms with Crippen LogP contribution in [0.25, 0.3) is 0 Å². The first-order valence-electron chi connectivity index (χ1n) is 11.6. The number of rotatable bonds is 3. The molecule has 4 heteroatoms. The smallest absolute Gasteiger partial charge is 0.142 e. The molecule has 154 valence electrons. The highest BCUT2D eigenvalue weighted by Crippen LogP contribution is 2.64. The number of Topliss-reactive ketones (excluding diaryl/α,β-unsaturated/α-hetero) is 1. The van der Waals surface area contributed by atoms with Crippen molar-refractivity contribution in [1.29, 1.82) is 0 Å². The molecule has 8 atom stereocenters. The van der Waals surface area contributed by atoms with E-state index in [0.717, 1.165) is 54.5 Å². The molecule has 1 aromatic heterocycles.